The average molecular weight is 252 g/mol. The van der Waals surface area contributed by atoms with Gasteiger partial charge in [0.1, 0.15) is 0 Å². The summed E-state index contributed by atoms with van der Waals surface area (Å²) in [5, 5.41) is 33.0. The molecule has 2 atom stereocenters. The van der Waals surface area contributed by atoms with Gasteiger partial charge in [0.15, 0.2) is 5.54 Å². The highest BCUT2D eigenvalue weighted by Crippen LogP contribution is 2.21. The van der Waals surface area contributed by atoms with Crippen LogP contribution in [0.15, 0.2) is 10.2 Å². The summed E-state index contributed by atoms with van der Waals surface area (Å²) in [6.45, 7) is 9.10. The van der Waals surface area contributed by atoms with E-state index in [-0.39, 0.29) is 12.8 Å². The van der Waals surface area contributed by atoms with Crippen molar-refractivity contribution in [1.82, 2.24) is 0 Å². The van der Waals surface area contributed by atoms with Crippen LogP contribution in [0.1, 0.15) is 26.7 Å². The van der Waals surface area contributed by atoms with Crippen LogP contribution in [0.3, 0.4) is 0 Å². The van der Waals surface area contributed by atoms with E-state index in [1.54, 1.807) is 6.07 Å². The monoisotopic (exact) mass is 252 g/mol. The number of carbonyl (C=O) groups is 2. The Kier molecular flexibility index (Phi) is 4.94. The molecule has 18 heavy (non-hydrogen) atoms. The van der Waals surface area contributed by atoms with Crippen LogP contribution in [-0.2, 0) is 9.59 Å². The van der Waals surface area contributed by atoms with Gasteiger partial charge < -0.3 is 10.2 Å². The average Bonchev–Trinajstić information content (AvgIpc) is 2.33. The zero-order valence-electron chi connectivity index (χ0n) is 9.91. The summed E-state index contributed by atoms with van der Waals surface area (Å²) in [6.07, 6.45) is -0.416. The highest BCUT2D eigenvalue weighted by molar-refractivity contribution is 5.79. The second-order valence-corrected chi connectivity index (χ2v) is 3.92. The Morgan fingerprint density at radius 3 is 2.28 bits per heavy atom. The molecule has 0 aromatic rings. The lowest BCUT2D eigenvalue weighted by Gasteiger charge is -2.14. The lowest BCUT2D eigenvalue weighted by Crippen LogP contribution is -2.30. The highest BCUT2D eigenvalue weighted by atomic mass is 16.4. The fraction of sp³-hybridized carbons (Fsp3) is 0.600. The van der Waals surface area contributed by atoms with Crippen LogP contribution in [0, 0.1) is 17.9 Å². The first-order valence-corrected chi connectivity index (χ1v) is 4.88. The maximum absolute atomic E-state index is 10.8. The minimum absolute atomic E-state index is 0.115. The van der Waals surface area contributed by atoms with Crippen molar-refractivity contribution in [1.29, 1.82) is 5.26 Å². The number of nitriles is 1. The maximum atomic E-state index is 10.8. The van der Waals surface area contributed by atoms with E-state index in [0.717, 1.165) is 6.92 Å². The molecule has 2 N–H and O–H groups in total. The SMILES string of the molecule is [C-]#[N+]C(C)(N=NC(C)(C#N)CCC(=O)O)C(=O)O. The smallest absolute Gasteiger partial charge is 0.433 e. The Labute approximate surface area is 103 Å². The molecule has 8 nitrogen and oxygen atoms in total. The van der Waals surface area contributed by atoms with Gasteiger partial charge in [0.25, 0.3) is 0 Å². The topological polar surface area (TPSA) is 127 Å². The first-order valence-electron chi connectivity index (χ1n) is 4.88. The molecule has 0 rings (SSSR count). The Hall–Kier alpha value is -2.48. The molecule has 0 radical (unpaired) electrons. The van der Waals surface area contributed by atoms with Crippen LogP contribution < -0.4 is 0 Å². The Bertz CT molecular complexity index is 461. The predicted molar refractivity (Wildman–Crippen MR) is 58.4 cm³/mol. The Balaban J connectivity index is 5.04. The molecule has 0 aliphatic rings. The summed E-state index contributed by atoms with van der Waals surface area (Å²) in [6, 6.07) is 1.75. The molecule has 0 bridgehead atoms. The second-order valence-electron chi connectivity index (χ2n) is 3.92. The summed E-state index contributed by atoms with van der Waals surface area (Å²) in [5.41, 5.74) is -3.55. The molecule has 96 valence electrons. The number of azo groups is 1. The van der Waals surface area contributed by atoms with Crippen molar-refractivity contribution >= 4 is 11.9 Å². The van der Waals surface area contributed by atoms with Gasteiger partial charge in [-0.2, -0.15) is 10.4 Å². The van der Waals surface area contributed by atoms with Crippen LogP contribution in [-0.4, -0.2) is 33.4 Å². The summed E-state index contributed by atoms with van der Waals surface area (Å²) in [7, 11) is 0. The fourth-order valence-electron chi connectivity index (χ4n) is 0.799. The third-order valence-corrected chi connectivity index (χ3v) is 2.15. The molecule has 0 fully saturated rings. The largest absolute Gasteiger partial charge is 0.481 e. The number of hydrogen-bond acceptors (Lipinski definition) is 5. The van der Waals surface area contributed by atoms with Crippen molar-refractivity contribution in [3.8, 4) is 6.07 Å². The summed E-state index contributed by atoms with van der Waals surface area (Å²) in [5.74, 6) is -2.59. The van der Waals surface area contributed by atoms with E-state index in [1.807, 2.05) is 0 Å². The molecule has 0 spiro atoms. The van der Waals surface area contributed by atoms with Gasteiger partial charge >= 0.3 is 17.6 Å². The van der Waals surface area contributed by atoms with E-state index in [9.17, 15) is 9.59 Å². The molecular formula is C10H12N4O4. The molecule has 0 amide bonds. The first kappa shape index (κ1) is 15.5. The van der Waals surface area contributed by atoms with Crippen LogP contribution in [0.4, 0.5) is 0 Å². The highest BCUT2D eigenvalue weighted by Gasteiger charge is 2.41. The van der Waals surface area contributed by atoms with Crippen LogP contribution in [0.25, 0.3) is 4.85 Å². The van der Waals surface area contributed by atoms with Gasteiger partial charge in [-0.3, -0.25) is 9.64 Å². The Morgan fingerprint density at radius 2 is 1.94 bits per heavy atom. The maximum Gasteiger partial charge on any atom is 0.433 e. The third kappa shape index (κ3) is 4.18. The quantitative estimate of drug-likeness (QED) is 0.544. The standard InChI is InChI=1S/C10H12N4O4/c1-9(6-11,5-4-7(15)16)13-14-10(2,12-3)8(17)18/h4-5H2,1-2H3,(H,15,16)(H,17,18). The Morgan fingerprint density at radius 1 is 1.39 bits per heavy atom. The third-order valence-electron chi connectivity index (χ3n) is 2.15. The van der Waals surface area contributed by atoms with Crippen molar-refractivity contribution in [2.24, 2.45) is 10.2 Å². The van der Waals surface area contributed by atoms with Gasteiger partial charge in [-0.25, -0.2) is 11.4 Å². The van der Waals surface area contributed by atoms with Crippen molar-refractivity contribution in [2.45, 2.75) is 37.9 Å². The second kappa shape index (κ2) is 5.73. The summed E-state index contributed by atoms with van der Waals surface area (Å²) >= 11 is 0. The molecular weight excluding hydrogens is 240 g/mol. The van der Waals surface area contributed by atoms with Crippen molar-refractivity contribution in [2.75, 3.05) is 0 Å². The van der Waals surface area contributed by atoms with E-state index in [1.165, 1.54) is 6.92 Å². The molecule has 0 aliphatic heterocycles. The van der Waals surface area contributed by atoms with E-state index < -0.39 is 23.1 Å². The zero-order valence-corrected chi connectivity index (χ0v) is 9.91. The lowest BCUT2D eigenvalue weighted by atomic mass is 9.99. The van der Waals surface area contributed by atoms with Gasteiger partial charge in [-0.15, -0.1) is 0 Å². The minimum Gasteiger partial charge on any atom is -0.481 e. The van der Waals surface area contributed by atoms with E-state index in [2.05, 4.69) is 15.1 Å². The molecule has 0 aromatic heterocycles. The zero-order chi connectivity index (χ0) is 14.4. The van der Waals surface area contributed by atoms with Gasteiger partial charge in [0.05, 0.1) is 13.0 Å². The predicted octanol–water partition coefficient (Wildman–Crippen LogP) is 1.31. The lowest BCUT2D eigenvalue weighted by molar-refractivity contribution is -0.141. The number of nitrogens with zero attached hydrogens (tertiary/aromatic N) is 4. The van der Waals surface area contributed by atoms with Gasteiger partial charge in [-0.1, -0.05) is 5.11 Å². The van der Waals surface area contributed by atoms with Crippen molar-refractivity contribution in [3.05, 3.63) is 11.4 Å². The van der Waals surface area contributed by atoms with E-state index in [4.69, 9.17) is 22.0 Å². The fourth-order valence-corrected chi connectivity index (χ4v) is 0.799. The normalized spacial score (nSPS) is 17.1. The minimum atomic E-state index is -2.10. The molecule has 0 saturated carbocycles. The molecule has 0 aliphatic carbocycles. The van der Waals surface area contributed by atoms with Gasteiger partial charge in [-0.05, 0) is 13.3 Å². The number of hydrogen-bond donors (Lipinski definition) is 2. The van der Waals surface area contributed by atoms with E-state index >= 15 is 0 Å². The van der Waals surface area contributed by atoms with Gasteiger partial charge in [0.2, 0.25) is 0 Å². The van der Waals surface area contributed by atoms with Crippen molar-refractivity contribution in [3.63, 3.8) is 0 Å². The van der Waals surface area contributed by atoms with Crippen LogP contribution in [0.2, 0.25) is 0 Å². The first-order chi connectivity index (χ1) is 8.19. The van der Waals surface area contributed by atoms with Crippen LogP contribution in [0.5, 0.6) is 0 Å². The van der Waals surface area contributed by atoms with E-state index in [0.29, 0.717) is 0 Å². The molecule has 8 heteroatoms. The number of aliphatic carboxylic acids is 2. The number of carboxylic acids is 2. The molecule has 0 saturated heterocycles. The number of rotatable bonds is 6. The van der Waals surface area contributed by atoms with Crippen LogP contribution >= 0.6 is 0 Å². The number of carboxylic acid groups (broad SMARTS) is 2. The molecule has 0 heterocycles. The van der Waals surface area contributed by atoms with Crippen molar-refractivity contribution < 1.29 is 19.8 Å². The van der Waals surface area contributed by atoms with Gasteiger partial charge in [0, 0.05) is 6.42 Å². The molecule has 2 unspecified atom stereocenters. The molecule has 0 aromatic carbocycles. The summed E-state index contributed by atoms with van der Waals surface area (Å²) < 4.78 is 0. The summed E-state index contributed by atoms with van der Waals surface area (Å²) in [4.78, 5) is 24.0.